The molecular formula is C24H24N2O4. The molecule has 0 atom stereocenters. The maximum Gasteiger partial charge on any atom is 0.262 e. The van der Waals surface area contributed by atoms with Gasteiger partial charge >= 0.3 is 0 Å². The first kappa shape index (κ1) is 19.8. The van der Waals surface area contributed by atoms with E-state index in [2.05, 4.69) is 29.3 Å². The second-order valence-corrected chi connectivity index (χ2v) is 7.26. The molecule has 1 aliphatic rings. The summed E-state index contributed by atoms with van der Waals surface area (Å²) >= 11 is 0. The average Bonchev–Trinajstić information content (AvgIpc) is 3.16. The molecule has 0 radical (unpaired) electrons. The molecule has 1 N–H and O–H groups in total. The molecule has 1 aromatic heterocycles. The summed E-state index contributed by atoms with van der Waals surface area (Å²) in [6.45, 7) is 3.21. The Bertz CT molecular complexity index is 1090. The van der Waals surface area contributed by atoms with Crippen LogP contribution in [-0.2, 0) is 24.2 Å². The molecule has 0 saturated carbocycles. The van der Waals surface area contributed by atoms with E-state index in [1.807, 2.05) is 36.4 Å². The van der Waals surface area contributed by atoms with Crippen LogP contribution in [0.2, 0.25) is 0 Å². The van der Waals surface area contributed by atoms with Gasteiger partial charge in [0.25, 0.3) is 5.91 Å². The van der Waals surface area contributed by atoms with E-state index in [9.17, 15) is 9.59 Å². The monoisotopic (exact) mass is 404 g/mol. The number of nitrogens with one attached hydrogen (secondary N) is 1. The zero-order valence-electron chi connectivity index (χ0n) is 16.9. The van der Waals surface area contributed by atoms with Crippen molar-refractivity contribution in [1.82, 2.24) is 0 Å². The molecule has 0 aliphatic carbocycles. The van der Waals surface area contributed by atoms with Gasteiger partial charge in [-0.1, -0.05) is 37.3 Å². The predicted molar refractivity (Wildman–Crippen MR) is 116 cm³/mol. The number of benzene rings is 2. The molecule has 1 amide bonds. The molecule has 6 nitrogen and oxygen atoms in total. The van der Waals surface area contributed by atoms with Gasteiger partial charge in [0, 0.05) is 24.0 Å². The quantitative estimate of drug-likeness (QED) is 0.649. The zero-order valence-corrected chi connectivity index (χ0v) is 16.9. The molecule has 0 unspecified atom stereocenters. The molecule has 0 saturated heterocycles. The van der Waals surface area contributed by atoms with Gasteiger partial charge in [-0.15, -0.1) is 0 Å². The summed E-state index contributed by atoms with van der Waals surface area (Å²) in [5, 5.41) is 2.75. The minimum atomic E-state index is -0.337. The lowest BCUT2D eigenvalue weighted by Gasteiger charge is -2.18. The van der Waals surface area contributed by atoms with Crippen molar-refractivity contribution in [3.05, 3.63) is 88.0 Å². The summed E-state index contributed by atoms with van der Waals surface area (Å²) in [5.41, 5.74) is 4.05. The van der Waals surface area contributed by atoms with Crippen LogP contribution < -0.4 is 20.4 Å². The molecule has 2 aromatic carbocycles. The highest BCUT2D eigenvalue weighted by molar-refractivity contribution is 5.91. The Kier molecular flexibility index (Phi) is 5.84. The zero-order chi connectivity index (χ0) is 20.9. The average molecular weight is 404 g/mol. The molecule has 1 aliphatic heterocycles. The third kappa shape index (κ3) is 4.54. The van der Waals surface area contributed by atoms with Gasteiger partial charge in [0.15, 0.2) is 6.61 Å². The topological polar surface area (TPSA) is 71.8 Å². The molecule has 30 heavy (non-hydrogen) atoms. The van der Waals surface area contributed by atoms with E-state index < -0.39 is 0 Å². The number of carbonyl (C=O) groups is 1. The van der Waals surface area contributed by atoms with E-state index in [0.717, 1.165) is 19.4 Å². The number of rotatable bonds is 7. The van der Waals surface area contributed by atoms with Crippen molar-refractivity contribution < 1.29 is 13.9 Å². The van der Waals surface area contributed by atoms with Gasteiger partial charge in [0.1, 0.15) is 12.0 Å². The van der Waals surface area contributed by atoms with Crippen LogP contribution in [-0.4, -0.2) is 19.1 Å². The summed E-state index contributed by atoms with van der Waals surface area (Å²) in [6.07, 6.45) is 3.20. The van der Waals surface area contributed by atoms with Crippen molar-refractivity contribution in [3.8, 4) is 5.75 Å². The number of anilines is 2. The van der Waals surface area contributed by atoms with Crippen molar-refractivity contribution in [1.29, 1.82) is 0 Å². The van der Waals surface area contributed by atoms with E-state index >= 15 is 0 Å². The SMILES string of the molecule is CCc1ccc(NC(=O)COc2coc(CN3CCc4ccccc43)cc2=O)cc1. The van der Waals surface area contributed by atoms with Gasteiger partial charge in [-0.25, -0.2) is 0 Å². The number of hydrogen-bond donors (Lipinski definition) is 1. The van der Waals surface area contributed by atoms with E-state index in [1.54, 1.807) is 0 Å². The lowest BCUT2D eigenvalue weighted by Crippen LogP contribution is -2.23. The summed E-state index contributed by atoms with van der Waals surface area (Å²) in [4.78, 5) is 26.6. The third-order valence-corrected chi connectivity index (χ3v) is 5.19. The number of fused-ring (bicyclic) bond motifs is 1. The number of amides is 1. The van der Waals surface area contributed by atoms with Crippen LogP contribution in [0.25, 0.3) is 0 Å². The fourth-order valence-corrected chi connectivity index (χ4v) is 3.55. The number of carbonyl (C=O) groups excluding carboxylic acids is 1. The molecular weight excluding hydrogens is 380 g/mol. The summed E-state index contributed by atoms with van der Waals surface area (Å²) in [7, 11) is 0. The highest BCUT2D eigenvalue weighted by Crippen LogP contribution is 2.28. The first-order valence-corrected chi connectivity index (χ1v) is 10.1. The van der Waals surface area contributed by atoms with Crippen LogP contribution >= 0.6 is 0 Å². The van der Waals surface area contributed by atoms with Gasteiger partial charge in [0.05, 0.1) is 6.54 Å². The smallest absolute Gasteiger partial charge is 0.262 e. The normalized spacial score (nSPS) is 12.5. The number of hydrogen-bond acceptors (Lipinski definition) is 5. The second kappa shape index (κ2) is 8.86. The number of aryl methyl sites for hydroxylation is 1. The maximum atomic E-state index is 12.4. The molecule has 3 aromatic rings. The molecule has 154 valence electrons. The van der Waals surface area contributed by atoms with Crippen molar-refractivity contribution in [2.24, 2.45) is 0 Å². The molecule has 6 heteroatoms. The van der Waals surface area contributed by atoms with Crippen LogP contribution in [0.5, 0.6) is 5.75 Å². The second-order valence-electron chi connectivity index (χ2n) is 7.26. The minimum absolute atomic E-state index is 0.0250. The Morgan fingerprint density at radius 3 is 2.73 bits per heavy atom. The van der Waals surface area contributed by atoms with E-state index in [4.69, 9.17) is 9.15 Å². The molecule has 0 spiro atoms. The van der Waals surface area contributed by atoms with Crippen LogP contribution in [0.15, 0.2) is 70.1 Å². The fourth-order valence-electron chi connectivity index (χ4n) is 3.55. The fraction of sp³-hybridized carbons (Fsp3) is 0.250. The van der Waals surface area contributed by atoms with Crippen LogP contribution in [0.4, 0.5) is 11.4 Å². The Hall–Kier alpha value is -3.54. The van der Waals surface area contributed by atoms with Gasteiger partial charge in [0.2, 0.25) is 11.2 Å². The number of ether oxygens (including phenoxy) is 1. The summed E-state index contributed by atoms with van der Waals surface area (Å²) in [6, 6.07) is 17.3. The van der Waals surface area contributed by atoms with E-state index in [0.29, 0.717) is 18.0 Å². The number of nitrogens with zero attached hydrogens (tertiary/aromatic N) is 1. The lowest BCUT2D eigenvalue weighted by molar-refractivity contribution is -0.118. The van der Waals surface area contributed by atoms with Gasteiger partial charge in [-0.05, 0) is 42.2 Å². The van der Waals surface area contributed by atoms with E-state index in [-0.39, 0.29) is 23.7 Å². The maximum absolute atomic E-state index is 12.4. The van der Waals surface area contributed by atoms with Crippen LogP contribution in [0, 0.1) is 0 Å². The molecule has 2 heterocycles. The first-order chi connectivity index (χ1) is 14.6. The summed E-state index contributed by atoms with van der Waals surface area (Å²) < 4.78 is 11.0. The Morgan fingerprint density at radius 2 is 1.97 bits per heavy atom. The Balaban J connectivity index is 1.33. The summed E-state index contributed by atoms with van der Waals surface area (Å²) in [5.74, 6) is 0.248. The van der Waals surface area contributed by atoms with Crippen LogP contribution in [0.1, 0.15) is 23.8 Å². The third-order valence-electron chi connectivity index (χ3n) is 5.19. The van der Waals surface area contributed by atoms with Crippen molar-refractivity contribution in [2.75, 3.05) is 23.4 Å². The standard InChI is InChI=1S/C24H24N2O4/c1-2-17-7-9-19(10-8-17)25-24(28)16-30-23-15-29-20(13-22(23)27)14-26-12-11-18-5-3-4-6-21(18)26/h3-10,13,15H,2,11-12,14,16H2,1H3,(H,25,28). The van der Waals surface area contributed by atoms with Crippen LogP contribution in [0.3, 0.4) is 0 Å². The van der Waals surface area contributed by atoms with Gasteiger partial charge < -0.3 is 19.4 Å². The van der Waals surface area contributed by atoms with Gasteiger partial charge in [-0.2, -0.15) is 0 Å². The molecule has 4 rings (SSSR count). The lowest BCUT2D eigenvalue weighted by atomic mass is 10.1. The highest BCUT2D eigenvalue weighted by Gasteiger charge is 2.19. The number of para-hydroxylation sites is 1. The van der Waals surface area contributed by atoms with Crippen molar-refractivity contribution in [2.45, 2.75) is 26.3 Å². The Morgan fingerprint density at radius 1 is 1.17 bits per heavy atom. The minimum Gasteiger partial charge on any atom is -0.477 e. The van der Waals surface area contributed by atoms with Gasteiger partial charge in [-0.3, -0.25) is 9.59 Å². The molecule has 0 bridgehead atoms. The molecule has 0 fully saturated rings. The Labute approximate surface area is 175 Å². The largest absolute Gasteiger partial charge is 0.477 e. The first-order valence-electron chi connectivity index (χ1n) is 10.1. The highest BCUT2D eigenvalue weighted by atomic mass is 16.5. The van der Waals surface area contributed by atoms with Crippen molar-refractivity contribution >= 4 is 17.3 Å². The van der Waals surface area contributed by atoms with Crippen molar-refractivity contribution in [3.63, 3.8) is 0 Å². The van der Waals surface area contributed by atoms with E-state index in [1.165, 1.54) is 29.1 Å². The predicted octanol–water partition coefficient (Wildman–Crippen LogP) is 3.78.